The van der Waals surface area contributed by atoms with E-state index in [1.165, 1.54) is 11.3 Å². The average Bonchev–Trinajstić information content (AvgIpc) is 2.59. The third kappa shape index (κ3) is 1.18. The van der Waals surface area contributed by atoms with Crippen molar-refractivity contribution in [3.8, 4) is 0 Å². The lowest BCUT2D eigenvalue weighted by Gasteiger charge is -2.18. The van der Waals surface area contributed by atoms with Crippen LogP contribution in [0.5, 0.6) is 0 Å². The van der Waals surface area contributed by atoms with Gasteiger partial charge in [0.25, 0.3) is 0 Å². The van der Waals surface area contributed by atoms with Crippen LogP contribution in [-0.2, 0) is 15.0 Å². The summed E-state index contributed by atoms with van der Waals surface area (Å²) < 4.78 is 0. The van der Waals surface area contributed by atoms with Gasteiger partial charge in [-0.2, -0.15) is 0 Å². The number of carbonyl (C=O) groups is 2. The first kappa shape index (κ1) is 9.40. The summed E-state index contributed by atoms with van der Waals surface area (Å²) >= 11 is 1.54. The quantitative estimate of drug-likeness (QED) is 0.710. The van der Waals surface area contributed by atoms with E-state index in [4.69, 9.17) is 0 Å². The molecule has 1 aliphatic rings. The van der Waals surface area contributed by atoms with E-state index in [1.54, 1.807) is 0 Å². The number of nitrogens with one attached hydrogen (secondary N) is 1. The lowest BCUT2D eigenvalue weighted by molar-refractivity contribution is -0.126. The molecule has 0 radical (unpaired) electrons. The minimum atomic E-state index is -0.644. The number of carbonyl (C=O) groups excluding carboxylic acids is 2. The van der Waals surface area contributed by atoms with Crippen LogP contribution in [0.4, 0.5) is 0 Å². The second-order valence-corrected chi connectivity index (χ2v) is 4.74. The molecule has 1 fully saturated rings. The second-order valence-electron chi connectivity index (χ2n) is 3.82. The van der Waals surface area contributed by atoms with Gasteiger partial charge in [0.2, 0.25) is 11.8 Å². The maximum Gasteiger partial charge on any atom is 0.238 e. The lowest BCUT2D eigenvalue weighted by Crippen LogP contribution is -2.32. The van der Waals surface area contributed by atoms with Gasteiger partial charge in [-0.05, 0) is 30.9 Å². The Morgan fingerprint density at radius 2 is 2.21 bits per heavy atom. The predicted octanol–water partition coefficient (Wildman–Crippen LogP) is 1.36. The summed E-state index contributed by atoms with van der Waals surface area (Å²) in [5.41, 5.74) is 0.442. The van der Waals surface area contributed by atoms with Gasteiger partial charge in [0, 0.05) is 11.3 Å². The first-order chi connectivity index (χ1) is 6.54. The van der Waals surface area contributed by atoms with E-state index < -0.39 is 5.41 Å². The molecule has 1 saturated heterocycles. The molecule has 1 unspecified atom stereocenters. The fraction of sp³-hybridized carbons (Fsp3) is 0.400. The zero-order valence-electron chi connectivity index (χ0n) is 8.09. The molecule has 0 bridgehead atoms. The molecular formula is C10H11NO2S. The van der Waals surface area contributed by atoms with Crippen LogP contribution in [0.15, 0.2) is 11.4 Å². The zero-order chi connectivity index (χ0) is 10.3. The summed E-state index contributed by atoms with van der Waals surface area (Å²) in [6.07, 6.45) is 0.271. The molecule has 74 valence electrons. The highest BCUT2D eigenvalue weighted by atomic mass is 32.1. The maximum absolute atomic E-state index is 11.6. The number of thiophene rings is 1. The van der Waals surface area contributed by atoms with Crippen molar-refractivity contribution >= 4 is 23.2 Å². The highest BCUT2D eigenvalue weighted by Crippen LogP contribution is 2.37. The summed E-state index contributed by atoms with van der Waals surface area (Å²) in [5, 5.41) is 4.30. The Morgan fingerprint density at radius 3 is 2.64 bits per heavy atom. The van der Waals surface area contributed by atoms with E-state index in [2.05, 4.69) is 5.32 Å². The molecule has 2 heterocycles. The normalized spacial score (nSPS) is 26.7. The third-order valence-corrected chi connectivity index (χ3v) is 3.91. The molecule has 0 aliphatic carbocycles. The van der Waals surface area contributed by atoms with E-state index in [9.17, 15) is 9.59 Å². The van der Waals surface area contributed by atoms with E-state index in [0.717, 1.165) is 10.4 Å². The Morgan fingerprint density at radius 1 is 1.50 bits per heavy atom. The van der Waals surface area contributed by atoms with E-state index in [0.29, 0.717) is 0 Å². The van der Waals surface area contributed by atoms with Crippen molar-refractivity contribution < 1.29 is 9.59 Å². The summed E-state index contributed by atoms with van der Waals surface area (Å²) in [5.74, 6) is -0.349. The number of rotatable bonds is 1. The van der Waals surface area contributed by atoms with Crippen LogP contribution in [0, 0.1) is 6.92 Å². The van der Waals surface area contributed by atoms with Crippen molar-refractivity contribution in [3.63, 3.8) is 0 Å². The van der Waals surface area contributed by atoms with E-state index >= 15 is 0 Å². The number of imide groups is 1. The fourth-order valence-corrected chi connectivity index (χ4v) is 2.92. The van der Waals surface area contributed by atoms with Crippen molar-refractivity contribution in [2.45, 2.75) is 25.7 Å². The Bertz CT molecular complexity index is 410. The molecule has 1 aliphatic heterocycles. The van der Waals surface area contributed by atoms with Crippen molar-refractivity contribution in [3.05, 3.63) is 21.9 Å². The third-order valence-electron chi connectivity index (χ3n) is 2.63. The molecule has 0 spiro atoms. The molecule has 14 heavy (non-hydrogen) atoms. The Kier molecular flexibility index (Phi) is 1.96. The molecule has 1 N–H and O–H groups in total. The van der Waals surface area contributed by atoms with Crippen molar-refractivity contribution in [2.75, 3.05) is 0 Å². The Labute approximate surface area is 86.1 Å². The predicted molar refractivity (Wildman–Crippen MR) is 54.2 cm³/mol. The van der Waals surface area contributed by atoms with Gasteiger partial charge in [-0.1, -0.05) is 0 Å². The van der Waals surface area contributed by atoms with Gasteiger partial charge in [0.15, 0.2) is 0 Å². The number of hydrogen-bond donors (Lipinski definition) is 1. The van der Waals surface area contributed by atoms with Gasteiger partial charge in [0.05, 0.1) is 5.41 Å². The monoisotopic (exact) mass is 209 g/mol. The van der Waals surface area contributed by atoms with E-state index in [-0.39, 0.29) is 18.2 Å². The van der Waals surface area contributed by atoms with Gasteiger partial charge >= 0.3 is 0 Å². The van der Waals surface area contributed by atoms with Crippen molar-refractivity contribution in [1.82, 2.24) is 5.32 Å². The van der Waals surface area contributed by atoms with Crippen LogP contribution < -0.4 is 5.32 Å². The molecule has 3 nitrogen and oxygen atoms in total. The molecule has 4 heteroatoms. The van der Waals surface area contributed by atoms with E-state index in [1.807, 2.05) is 25.3 Å². The first-order valence-electron chi connectivity index (χ1n) is 4.43. The lowest BCUT2D eigenvalue weighted by atomic mass is 9.85. The van der Waals surface area contributed by atoms with Crippen LogP contribution in [0.1, 0.15) is 23.8 Å². The van der Waals surface area contributed by atoms with Crippen molar-refractivity contribution in [1.29, 1.82) is 0 Å². The molecule has 2 amide bonds. The summed E-state index contributed by atoms with van der Waals surface area (Å²) in [6, 6.07) is 1.97. The number of aryl methyl sites for hydroxylation is 1. The zero-order valence-corrected chi connectivity index (χ0v) is 8.90. The standard InChI is InChI=1S/C10H11NO2S/c1-6-3-4-14-8(6)10(2)5-7(12)11-9(10)13/h3-4H,5H2,1-2H3,(H,11,12,13). The molecule has 1 aromatic heterocycles. The van der Waals surface area contributed by atoms with Crippen molar-refractivity contribution in [2.24, 2.45) is 0 Å². The fourth-order valence-electron chi connectivity index (χ4n) is 1.83. The Balaban J connectivity index is 2.47. The topological polar surface area (TPSA) is 46.2 Å². The molecule has 0 aromatic carbocycles. The highest BCUT2D eigenvalue weighted by molar-refractivity contribution is 7.10. The summed E-state index contributed by atoms with van der Waals surface area (Å²) in [7, 11) is 0. The minimum absolute atomic E-state index is 0.173. The highest BCUT2D eigenvalue weighted by Gasteiger charge is 2.45. The van der Waals surface area contributed by atoms with Crippen LogP contribution >= 0.6 is 11.3 Å². The van der Waals surface area contributed by atoms with Crippen LogP contribution in [0.2, 0.25) is 0 Å². The summed E-state index contributed by atoms with van der Waals surface area (Å²) in [4.78, 5) is 23.8. The van der Waals surface area contributed by atoms with Crippen LogP contribution in [0.3, 0.4) is 0 Å². The van der Waals surface area contributed by atoms with Gasteiger partial charge in [-0.3, -0.25) is 14.9 Å². The molecule has 1 aromatic rings. The maximum atomic E-state index is 11.6. The summed E-state index contributed by atoms with van der Waals surface area (Å²) in [6.45, 7) is 3.79. The van der Waals surface area contributed by atoms with Gasteiger partial charge in [-0.15, -0.1) is 11.3 Å². The number of amides is 2. The largest absolute Gasteiger partial charge is 0.296 e. The first-order valence-corrected chi connectivity index (χ1v) is 5.31. The molecule has 0 saturated carbocycles. The van der Waals surface area contributed by atoms with Crippen LogP contribution in [-0.4, -0.2) is 11.8 Å². The van der Waals surface area contributed by atoms with Crippen LogP contribution in [0.25, 0.3) is 0 Å². The smallest absolute Gasteiger partial charge is 0.238 e. The van der Waals surface area contributed by atoms with Gasteiger partial charge < -0.3 is 0 Å². The molecule has 2 rings (SSSR count). The minimum Gasteiger partial charge on any atom is -0.296 e. The second kappa shape index (κ2) is 2.92. The molecule has 1 atom stereocenters. The molecular weight excluding hydrogens is 198 g/mol. The average molecular weight is 209 g/mol. The SMILES string of the molecule is Cc1ccsc1C1(C)CC(=O)NC1=O. The van der Waals surface area contributed by atoms with Gasteiger partial charge in [0.1, 0.15) is 0 Å². The Hall–Kier alpha value is -1.16. The number of hydrogen-bond acceptors (Lipinski definition) is 3. The van der Waals surface area contributed by atoms with Gasteiger partial charge in [-0.25, -0.2) is 0 Å².